The summed E-state index contributed by atoms with van der Waals surface area (Å²) >= 11 is 0. The van der Waals surface area contributed by atoms with Gasteiger partial charge in [-0.3, -0.25) is 14.3 Å². The minimum Gasteiger partial charge on any atom is -0.393 e. The monoisotopic (exact) mass is 564 g/mol. The van der Waals surface area contributed by atoms with Gasteiger partial charge in [0.05, 0.1) is 17.2 Å². The molecule has 3 N–H and O–H groups in total. The fourth-order valence-corrected chi connectivity index (χ4v) is 5.10. The van der Waals surface area contributed by atoms with Gasteiger partial charge in [-0.05, 0) is 81.3 Å². The first-order chi connectivity index (χ1) is 20.1. The quantitative estimate of drug-likeness (QED) is 0.300. The van der Waals surface area contributed by atoms with Crippen LogP contribution < -0.4 is 15.5 Å². The van der Waals surface area contributed by atoms with E-state index in [1.54, 1.807) is 36.1 Å². The Hall–Kier alpha value is -4.65. The van der Waals surface area contributed by atoms with Crippen molar-refractivity contribution in [3.05, 3.63) is 84.2 Å². The number of likely N-dealkylation sites (tertiary alicyclic amines) is 1. The topological polar surface area (TPSA) is 103 Å². The van der Waals surface area contributed by atoms with Gasteiger partial charge in [-0.25, -0.2) is 9.78 Å². The lowest BCUT2D eigenvalue weighted by atomic mass is 9.97. The first-order valence-corrected chi connectivity index (χ1v) is 14.1. The number of rotatable bonds is 5. The Morgan fingerprint density at radius 3 is 2.45 bits per heavy atom. The fraction of sp³-hybridized carbons (Fsp3) is 0.303. The number of aliphatic hydroxyl groups excluding tert-OH is 1. The number of anilines is 3. The molecule has 1 fully saturated rings. The minimum atomic E-state index is -0.303. The second-order valence-electron chi connectivity index (χ2n) is 11.0. The number of amides is 2. The summed E-state index contributed by atoms with van der Waals surface area (Å²) in [6, 6.07) is 18.5. The van der Waals surface area contributed by atoms with E-state index in [4.69, 9.17) is 0 Å². The molecular formula is C33H36N6O3. The normalized spacial score (nSPS) is 14.2. The summed E-state index contributed by atoms with van der Waals surface area (Å²) in [6.07, 6.45) is 4.73. The van der Waals surface area contributed by atoms with Gasteiger partial charge in [0.2, 0.25) is 0 Å². The van der Waals surface area contributed by atoms with Crippen LogP contribution in [0.3, 0.4) is 0 Å². The third kappa shape index (κ3) is 6.30. The van der Waals surface area contributed by atoms with E-state index in [1.807, 2.05) is 60.5 Å². The van der Waals surface area contributed by atoms with Gasteiger partial charge < -0.3 is 20.6 Å². The van der Waals surface area contributed by atoms with Crippen molar-refractivity contribution >= 4 is 40.0 Å². The average Bonchev–Trinajstić information content (AvgIpc) is 3.43. The van der Waals surface area contributed by atoms with E-state index < -0.39 is 0 Å². The van der Waals surface area contributed by atoms with Gasteiger partial charge in [0, 0.05) is 73.5 Å². The van der Waals surface area contributed by atoms with E-state index in [-0.39, 0.29) is 23.6 Å². The van der Waals surface area contributed by atoms with Crippen molar-refractivity contribution in [1.29, 1.82) is 0 Å². The molecule has 4 aromatic rings. The summed E-state index contributed by atoms with van der Waals surface area (Å²) in [5.74, 6) is 6.78. The number of carbonyl (C=O) groups is 2. The van der Waals surface area contributed by atoms with Gasteiger partial charge in [0.25, 0.3) is 5.91 Å². The molecule has 42 heavy (non-hydrogen) atoms. The largest absolute Gasteiger partial charge is 0.393 e. The highest BCUT2D eigenvalue weighted by Gasteiger charge is 2.28. The van der Waals surface area contributed by atoms with Crippen LogP contribution in [0.5, 0.6) is 0 Å². The Bertz CT molecular complexity index is 1660. The standard InChI is InChI=1S/C33H36N6O3/c1-33(2,38-18-14-28(40)15-19-38)16-11-23-5-7-24(8-6-23)31(41)36-30-22-27(12-17-35-30)37(4)26-9-10-29-25(21-26)13-20-39(29)32(42)34-3/h5-10,12-13,17,20-22,28,40H,14-15,18-19H2,1-4H3,(H,34,42)(H,35,36,41). The van der Waals surface area contributed by atoms with Crippen LogP contribution in [0, 0.1) is 11.8 Å². The lowest BCUT2D eigenvalue weighted by molar-refractivity contribution is 0.0508. The molecule has 1 saturated heterocycles. The maximum absolute atomic E-state index is 13.0. The van der Waals surface area contributed by atoms with Gasteiger partial charge in [0.1, 0.15) is 5.82 Å². The van der Waals surface area contributed by atoms with Crippen molar-refractivity contribution in [2.24, 2.45) is 0 Å². The second-order valence-corrected chi connectivity index (χ2v) is 11.0. The van der Waals surface area contributed by atoms with Gasteiger partial charge in [0.15, 0.2) is 0 Å². The summed E-state index contributed by atoms with van der Waals surface area (Å²) in [5.41, 5.74) is 3.64. The Kier molecular flexibility index (Phi) is 8.29. The number of hydrogen-bond acceptors (Lipinski definition) is 6. The van der Waals surface area contributed by atoms with Crippen molar-refractivity contribution < 1.29 is 14.7 Å². The van der Waals surface area contributed by atoms with Gasteiger partial charge >= 0.3 is 6.03 Å². The molecule has 0 saturated carbocycles. The molecule has 1 aliphatic heterocycles. The first-order valence-electron chi connectivity index (χ1n) is 14.1. The Balaban J connectivity index is 1.24. The van der Waals surface area contributed by atoms with Gasteiger partial charge in [-0.1, -0.05) is 11.8 Å². The summed E-state index contributed by atoms with van der Waals surface area (Å²) < 4.78 is 1.57. The van der Waals surface area contributed by atoms with Gasteiger partial charge in [-0.2, -0.15) is 0 Å². The Labute approximate surface area is 246 Å². The number of piperidine rings is 1. The Morgan fingerprint density at radius 2 is 1.74 bits per heavy atom. The predicted octanol–water partition coefficient (Wildman–Crippen LogP) is 4.83. The van der Waals surface area contributed by atoms with Crippen molar-refractivity contribution in [2.45, 2.75) is 38.3 Å². The SMILES string of the molecule is CNC(=O)n1ccc2cc(N(C)c3ccnc(NC(=O)c4ccc(C#CC(C)(C)N5CCC(O)CC5)cc4)c3)ccc21. The number of benzene rings is 2. The molecule has 0 bridgehead atoms. The number of nitrogens with one attached hydrogen (secondary N) is 2. The number of fused-ring (bicyclic) bond motifs is 1. The summed E-state index contributed by atoms with van der Waals surface area (Å²) in [7, 11) is 3.54. The Morgan fingerprint density at radius 1 is 1.02 bits per heavy atom. The van der Waals surface area contributed by atoms with Crippen LogP contribution in [0.4, 0.5) is 22.0 Å². The number of aliphatic hydroxyl groups is 1. The third-order valence-electron chi connectivity index (χ3n) is 7.78. The number of aromatic nitrogens is 2. The molecule has 0 radical (unpaired) electrons. The second kappa shape index (κ2) is 12.1. The van der Waals surface area contributed by atoms with Crippen LogP contribution in [-0.4, -0.2) is 70.3 Å². The minimum absolute atomic E-state index is 0.192. The van der Waals surface area contributed by atoms with E-state index in [2.05, 4.69) is 46.2 Å². The number of carbonyl (C=O) groups excluding carboxylic acids is 2. The molecule has 0 atom stereocenters. The molecule has 2 aromatic carbocycles. The maximum Gasteiger partial charge on any atom is 0.325 e. The van der Waals surface area contributed by atoms with Crippen LogP contribution in [0.15, 0.2) is 73.1 Å². The molecule has 1 aliphatic rings. The fourth-order valence-electron chi connectivity index (χ4n) is 5.10. The van der Waals surface area contributed by atoms with Crippen LogP contribution in [0.25, 0.3) is 10.9 Å². The number of nitrogens with zero attached hydrogens (tertiary/aromatic N) is 4. The molecule has 216 valence electrons. The molecule has 2 aromatic heterocycles. The van der Waals surface area contributed by atoms with Crippen LogP contribution >= 0.6 is 0 Å². The van der Waals surface area contributed by atoms with Crippen LogP contribution in [0.1, 0.15) is 42.6 Å². The molecule has 3 heterocycles. The van der Waals surface area contributed by atoms with E-state index in [1.165, 1.54) is 0 Å². The van der Waals surface area contributed by atoms with E-state index in [9.17, 15) is 14.7 Å². The highest BCUT2D eigenvalue weighted by Crippen LogP contribution is 2.29. The molecule has 9 nitrogen and oxygen atoms in total. The summed E-state index contributed by atoms with van der Waals surface area (Å²) in [4.78, 5) is 33.7. The van der Waals surface area contributed by atoms with E-state index in [0.29, 0.717) is 11.4 Å². The predicted molar refractivity (Wildman–Crippen MR) is 166 cm³/mol. The zero-order valence-corrected chi connectivity index (χ0v) is 24.4. The molecule has 0 spiro atoms. The molecule has 9 heteroatoms. The highest BCUT2D eigenvalue weighted by atomic mass is 16.3. The molecule has 2 amide bonds. The molecule has 0 aliphatic carbocycles. The third-order valence-corrected chi connectivity index (χ3v) is 7.78. The molecule has 0 unspecified atom stereocenters. The zero-order valence-electron chi connectivity index (χ0n) is 24.4. The van der Waals surface area contributed by atoms with Crippen LogP contribution in [0.2, 0.25) is 0 Å². The summed E-state index contributed by atoms with van der Waals surface area (Å²) in [6.45, 7) is 5.85. The van der Waals surface area contributed by atoms with E-state index >= 15 is 0 Å². The van der Waals surface area contributed by atoms with Crippen molar-refractivity contribution in [3.63, 3.8) is 0 Å². The lowest BCUT2D eigenvalue weighted by Gasteiger charge is -2.38. The molecule has 5 rings (SSSR count). The zero-order chi connectivity index (χ0) is 29.9. The highest BCUT2D eigenvalue weighted by molar-refractivity contribution is 6.04. The lowest BCUT2D eigenvalue weighted by Crippen LogP contribution is -2.48. The van der Waals surface area contributed by atoms with Gasteiger partial charge in [-0.15, -0.1) is 0 Å². The van der Waals surface area contributed by atoms with Crippen molar-refractivity contribution in [1.82, 2.24) is 19.8 Å². The van der Waals surface area contributed by atoms with Crippen molar-refractivity contribution in [3.8, 4) is 11.8 Å². The number of pyridine rings is 1. The number of hydrogen-bond donors (Lipinski definition) is 3. The van der Waals surface area contributed by atoms with Crippen LogP contribution in [-0.2, 0) is 0 Å². The maximum atomic E-state index is 13.0. The summed E-state index contributed by atoms with van der Waals surface area (Å²) in [5, 5.41) is 16.3. The molecular weight excluding hydrogens is 528 g/mol. The van der Waals surface area contributed by atoms with E-state index in [0.717, 1.165) is 53.8 Å². The smallest absolute Gasteiger partial charge is 0.325 e. The first kappa shape index (κ1) is 28.9. The van der Waals surface area contributed by atoms with Crippen molar-refractivity contribution in [2.75, 3.05) is 37.4 Å². The average molecular weight is 565 g/mol.